The van der Waals surface area contributed by atoms with E-state index in [0.717, 1.165) is 6.61 Å². The van der Waals surface area contributed by atoms with Crippen molar-refractivity contribution in [3.8, 4) is 0 Å². The number of rotatable bonds is 2. The summed E-state index contributed by atoms with van der Waals surface area (Å²) in [5.74, 6) is 2.46. The van der Waals surface area contributed by atoms with Gasteiger partial charge in [-0.1, -0.05) is 18.2 Å². The third-order valence-electron chi connectivity index (χ3n) is 3.39. The zero-order valence-electron chi connectivity index (χ0n) is 9.22. The molecular weight excluding hydrogens is 236 g/mol. The Balaban J connectivity index is 1.75. The van der Waals surface area contributed by atoms with Crippen molar-refractivity contribution in [2.24, 2.45) is 0 Å². The second-order valence-corrected chi connectivity index (χ2v) is 6.81. The summed E-state index contributed by atoms with van der Waals surface area (Å²) >= 11 is 4.06. The topological polar surface area (TPSA) is 9.23 Å². The van der Waals surface area contributed by atoms with Gasteiger partial charge in [-0.2, -0.15) is 11.8 Å². The summed E-state index contributed by atoms with van der Waals surface area (Å²) in [5.41, 5.74) is 0.186. The lowest BCUT2D eigenvalue weighted by molar-refractivity contribution is 0.0299. The van der Waals surface area contributed by atoms with Crippen LogP contribution in [0.15, 0.2) is 35.2 Å². The van der Waals surface area contributed by atoms with Crippen molar-refractivity contribution in [3.05, 3.63) is 30.3 Å². The van der Waals surface area contributed by atoms with E-state index in [-0.39, 0.29) is 5.60 Å². The second-order valence-electron chi connectivity index (χ2n) is 4.42. The molecule has 16 heavy (non-hydrogen) atoms. The lowest BCUT2D eigenvalue weighted by atomic mass is 9.99. The van der Waals surface area contributed by atoms with E-state index in [4.69, 9.17) is 4.74 Å². The highest BCUT2D eigenvalue weighted by atomic mass is 32.2. The van der Waals surface area contributed by atoms with Gasteiger partial charge in [0.2, 0.25) is 0 Å². The number of ether oxygens (including phenoxy) is 1. The molecule has 0 N–H and O–H groups in total. The quantitative estimate of drug-likeness (QED) is 0.798. The van der Waals surface area contributed by atoms with E-state index < -0.39 is 0 Å². The highest BCUT2D eigenvalue weighted by Crippen LogP contribution is 2.46. The monoisotopic (exact) mass is 252 g/mol. The van der Waals surface area contributed by atoms with Crippen LogP contribution in [0.5, 0.6) is 0 Å². The van der Waals surface area contributed by atoms with E-state index >= 15 is 0 Å². The van der Waals surface area contributed by atoms with E-state index in [2.05, 4.69) is 30.3 Å². The highest BCUT2D eigenvalue weighted by molar-refractivity contribution is 8.01. The minimum atomic E-state index is 0.186. The molecule has 0 aliphatic carbocycles. The third-order valence-corrected chi connectivity index (χ3v) is 6.07. The molecule has 2 aliphatic heterocycles. The molecule has 1 aromatic rings. The molecule has 2 heterocycles. The van der Waals surface area contributed by atoms with Crippen molar-refractivity contribution >= 4 is 23.5 Å². The molecule has 2 atom stereocenters. The van der Waals surface area contributed by atoms with Crippen molar-refractivity contribution in [1.29, 1.82) is 0 Å². The maximum Gasteiger partial charge on any atom is 0.0902 e. The van der Waals surface area contributed by atoms with Gasteiger partial charge in [-0.25, -0.2) is 0 Å². The molecular formula is C13H16OS2. The fourth-order valence-corrected chi connectivity index (χ4v) is 5.34. The second kappa shape index (κ2) is 4.63. The molecule has 3 rings (SSSR count). The summed E-state index contributed by atoms with van der Waals surface area (Å²) in [4.78, 5) is 1.38. The van der Waals surface area contributed by atoms with Crippen LogP contribution < -0.4 is 0 Å². The number of thioether (sulfide) groups is 2. The molecule has 2 fully saturated rings. The molecule has 86 valence electrons. The van der Waals surface area contributed by atoms with Crippen LogP contribution in [0.1, 0.15) is 12.8 Å². The van der Waals surface area contributed by atoms with Crippen molar-refractivity contribution in [3.63, 3.8) is 0 Å². The van der Waals surface area contributed by atoms with E-state index in [0.29, 0.717) is 5.25 Å². The summed E-state index contributed by atoms with van der Waals surface area (Å²) in [6.45, 7) is 0.949. The maximum atomic E-state index is 6.04. The summed E-state index contributed by atoms with van der Waals surface area (Å²) in [7, 11) is 0. The van der Waals surface area contributed by atoms with Gasteiger partial charge in [0.1, 0.15) is 0 Å². The lowest BCUT2D eigenvalue weighted by Crippen LogP contribution is -2.37. The molecule has 2 aliphatic rings. The standard InChI is InChI=1S/C13H16OS2/c1-2-4-11(5-3-1)16-12-6-8-14-13(12)7-9-15-10-13/h1-5,12H,6-10H2. The Bertz CT molecular complexity index is 341. The average molecular weight is 252 g/mol. The maximum absolute atomic E-state index is 6.04. The largest absolute Gasteiger partial charge is 0.373 e. The Kier molecular flexibility index (Phi) is 3.18. The summed E-state index contributed by atoms with van der Waals surface area (Å²) in [5, 5.41) is 0.657. The van der Waals surface area contributed by atoms with Gasteiger partial charge < -0.3 is 4.74 Å². The normalized spacial score (nSPS) is 33.6. The van der Waals surface area contributed by atoms with E-state index in [1.807, 2.05) is 23.5 Å². The van der Waals surface area contributed by atoms with E-state index in [9.17, 15) is 0 Å². The van der Waals surface area contributed by atoms with Crippen LogP contribution in [0.3, 0.4) is 0 Å². The van der Waals surface area contributed by atoms with Gasteiger partial charge in [-0.3, -0.25) is 0 Å². The molecule has 1 nitrogen and oxygen atoms in total. The van der Waals surface area contributed by atoms with Crippen LogP contribution in [-0.4, -0.2) is 29.0 Å². The molecule has 0 bridgehead atoms. The molecule has 0 amide bonds. The highest BCUT2D eigenvalue weighted by Gasteiger charge is 2.47. The predicted octanol–water partition coefficient (Wildman–Crippen LogP) is 3.44. The van der Waals surface area contributed by atoms with Gasteiger partial charge in [0.25, 0.3) is 0 Å². The fourth-order valence-electron chi connectivity index (χ4n) is 2.48. The van der Waals surface area contributed by atoms with Gasteiger partial charge in [0.05, 0.1) is 5.60 Å². The van der Waals surface area contributed by atoms with E-state index in [1.54, 1.807) is 0 Å². The molecule has 0 radical (unpaired) electrons. The van der Waals surface area contributed by atoms with Gasteiger partial charge in [0, 0.05) is 22.5 Å². The van der Waals surface area contributed by atoms with Crippen LogP contribution in [0.4, 0.5) is 0 Å². The molecule has 0 aromatic heterocycles. The summed E-state index contributed by atoms with van der Waals surface area (Å²) in [6, 6.07) is 10.7. The minimum Gasteiger partial charge on any atom is -0.373 e. The smallest absolute Gasteiger partial charge is 0.0902 e. The number of benzene rings is 1. The van der Waals surface area contributed by atoms with Crippen LogP contribution >= 0.6 is 23.5 Å². The number of hydrogen-bond acceptors (Lipinski definition) is 3. The number of hydrogen-bond donors (Lipinski definition) is 0. The van der Waals surface area contributed by atoms with E-state index in [1.165, 1.54) is 29.2 Å². The van der Waals surface area contributed by atoms with Crippen molar-refractivity contribution in [2.45, 2.75) is 28.6 Å². The Morgan fingerprint density at radius 1 is 1.31 bits per heavy atom. The van der Waals surface area contributed by atoms with Crippen LogP contribution in [-0.2, 0) is 4.74 Å². The Hall–Kier alpha value is -0.120. The zero-order valence-corrected chi connectivity index (χ0v) is 10.9. The van der Waals surface area contributed by atoms with Crippen LogP contribution in [0.25, 0.3) is 0 Å². The van der Waals surface area contributed by atoms with Gasteiger partial charge in [-0.15, -0.1) is 11.8 Å². The Morgan fingerprint density at radius 2 is 2.19 bits per heavy atom. The first-order chi connectivity index (χ1) is 7.89. The molecule has 2 saturated heterocycles. The van der Waals surface area contributed by atoms with Gasteiger partial charge in [0.15, 0.2) is 0 Å². The predicted molar refractivity (Wildman–Crippen MR) is 71.3 cm³/mol. The van der Waals surface area contributed by atoms with Gasteiger partial charge >= 0.3 is 0 Å². The van der Waals surface area contributed by atoms with Crippen molar-refractivity contribution in [2.75, 3.05) is 18.1 Å². The molecule has 3 heteroatoms. The Labute approximate surface area is 105 Å². The molecule has 1 aromatic carbocycles. The fraction of sp³-hybridized carbons (Fsp3) is 0.538. The Morgan fingerprint density at radius 3 is 2.94 bits per heavy atom. The average Bonchev–Trinajstić information content (AvgIpc) is 2.93. The minimum absolute atomic E-state index is 0.186. The summed E-state index contributed by atoms with van der Waals surface area (Å²) in [6.07, 6.45) is 2.45. The molecule has 2 unspecified atom stereocenters. The van der Waals surface area contributed by atoms with Crippen LogP contribution in [0, 0.1) is 0 Å². The first-order valence-corrected chi connectivity index (χ1v) is 7.86. The zero-order chi connectivity index (χ0) is 10.8. The van der Waals surface area contributed by atoms with Crippen LogP contribution in [0.2, 0.25) is 0 Å². The summed E-state index contributed by atoms with van der Waals surface area (Å²) < 4.78 is 6.04. The molecule has 0 saturated carbocycles. The first kappa shape index (κ1) is 11.0. The SMILES string of the molecule is c1ccc(SC2CCOC23CCSC3)cc1. The lowest BCUT2D eigenvalue weighted by Gasteiger charge is -2.28. The van der Waals surface area contributed by atoms with Crippen molar-refractivity contribution < 1.29 is 4.74 Å². The van der Waals surface area contributed by atoms with Crippen molar-refractivity contribution in [1.82, 2.24) is 0 Å². The first-order valence-electron chi connectivity index (χ1n) is 5.82. The molecule has 1 spiro atoms. The third kappa shape index (κ3) is 2.01. The van der Waals surface area contributed by atoms with Gasteiger partial charge in [-0.05, 0) is 30.7 Å².